The molecule has 1 aromatic heterocycles. The van der Waals surface area contributed by atoms with Gasteiger partial charge in [0, 0.05) is 23.7 Å². The van der Waals surface area contributed by atoms with Crippen molar-refractivity contribution in [1.29, 1.82) is 0 Å². The Balaban J connectivity index is 1.99. The highest BCUT2D eigenvalue weighted by Crippen LogP contribution is 2.28. The molecular formula is C13H16BrN3OS. The van der Waals surface area contributed by atoms with E-state index in [1.807, 2.05) is 12.3 Å². The van der Waals surface area contributed by atoms with Crippen molar-refractivity contribution >= 4 is 32.4 Å². The quantitative estimate of drug-likeness (QED) is 0.875. The maximum absolute atomic E-state index is 5.61. The lowest BCUT2D eigenvalue weighted by atomic mass is 10.1. The van der Waals surface area contributed by atoms with Crippen LogP contribution in [0.3, 0.4) is 0 Å². The summed E-state index contributed by atoms with van der Waals surface area (Å²) in [6, 6.07) is 6.33. The minimum atomic E-state index is 0.241. The summed E-state index contributed by atoms with van der Waals surface area (Å²) in [5.74, 6) is 0.839. The Morgan fingerprint density at radius 2 is 2.32 bits per heavy atom. The van der Waals surface area contributed by atoms with Gasteiger partial charge in [-0.1, -0.05) is 6.07 Å². The Hall–Kier alpha value is -1.11. The van der Waals surface area contributed by atoms with Crippen LogP contribution < -0.4 is 15.8 Å². The van der Waals surface area contributed by atoms with Crippen LogP contribution in [0.1, 0.15) is 23.4 Å². The molecule has 0 saturated carbocycles. The molecule has 0 aliphatic carbocycles. The molecule has 0 spiro atoms. The molecule has 0 amide bonds. The van der Waals surface area contributed by atoms with E-state index < -0.39 is 0 Å². The average Bonchev–Trinajstić information content (AvgIpc) is 2.81. The number of nitrogens with zero attached hydrogens (tertiary/aromatic N) is 1. The molecule has 102 valence electrons. The smallest absolute Gasteiger partial charge is 0.180 e. The number of methoxy groups -OCH3 is 1. The lowest BCUT2D eigenvalue weighted by molar-refractivity contribution is 0.411. The summed E-state index contributed by atoms with van der Waals surface area (Å²) in [5, 5.41) is 4.05. The van der Waals surface area contributed by atoms with Crippen LogP contribution in [-0.4, -0.2) is 12.1 Å². The number of aromatic nitrogens is 1. The van der Waals surface area contributed by atoms with E-state index >= 15 is 0 Å². The number of thiazole rings is 1. The van der Waals surface area contributed by atoms with Gasteiger partial charge in [-0.05, 0) is 40.5 Å². The predicted octanol–water partition coefficient (Wildman–Crippen LogP) is 3.35. The van der Waals surface area contributed by atoms with E-state index in [9.17, 15) is 0 Å². The third-order valence-corrected chi connectivity index (χ3v) is 4.28. The van der Waals surface area contributed by atoms with Gasteiger partial charge >= 0.3 is 0 Å². The minimum Gasteiger partial charge on any atom is -0.496 e. The van der Waals surface area contributed by atoms with Gasteiger partial charge in [-0.2, -0.15) is 0 Å². The third-order valence-electron chi connectivity index (χ3n) is 2.83. The van der Waals surface area contributed by atoms with Crippen LogP contribution in [0.25, 0.3) is 0 Å². The van der Waals surface area contributed by atoms with Gasteiger partial charge in [0.25, 0.3) is 0 Å². The maximum Gasteiger partial charge on any atom is 0.180 e. The molecule has 1 aromatic carbocycles. The van der Waals surface area contributed by atoms with Crippen LogP contribution in [0.5, 0.6) is 5.75 Å². The third kappa shape index (κ3) is 3.68. The molecule has 0 bridgehead atoms. The number of hydrogen-bond acceptors (Lipinski definition) is 5. The average molecular weight is 342 g/mol. The van der Waals surface area contributed by atoms with Crippen LogP contribution in [-0.2, 0) is 6.54 Å². The second-order valence-corrected chi connectivity index (χ2v) is 6.16. The van der Waals surface area contributed by atoms with Crippen LogP contribution in [0.15, 0.2) is 28.9 Å². The molecule has 3 N–H and O–H groups in total. The van der Waals surface area contributed by atoms with Crippen LogP contribution in [0, 0.1) is 0 Å². The monoisotopic (exact) mass is 341 g/mol. The molecule has 0 aliphatic rings. The SMILES string of the molecule is COc1ccc(C(C)NCc2cnc(N)s2)cc1Br. The fourth-order valence-electron chi connectivity index (χ4n) is 1.73. The molecule has 1 unspecified atom stereocenters. The van der Waals surface area contributed by atoms with E-state index in [1.165, 1.54) is 16.9 Å². The molecule has 0 saturated heterocycles. The fraction of sp³-hybridized carbons (Fsp3) is 0.308. The van der Waals surface area contributed by atoms with Crippen LogP contribution in [0.4, 0.5) is 5.13 Å². The zero-order chi connectivity index (χ0) is 13.8. The Morgan fingerprint density at radius 1 is 1.53 bits per heavy atom. The van der Waals surface area contributed by atoms with Gasteiger partial charge in [-0.3, -0.25) is 0 Å². The van der Waals surface area contributed by atoms with Gasteiger partial charge < -0.3 is 15.8 Å². The number of halogens is 1. The van der Waals surface area contributed by atoms with Crippen molar-refractivity contribution in [2.24, 2.45) is 0 Å². The normalized spacial score (nSPS) is 12.4. The number of rotatable bonds is 5. The zero-order valence-corrected chi connectivity index (χ0v) is 13.2. The van der Waals surface area contributed by atoms with Gasteiger partial charge in [0.1, 0.15) is 5.75 Å². The minimum absolute atomic E-state index is 0.241. The Morgan fingerprint density at radius 3 is 2.89 bits per heavy atom. The fourth-order valence-corrected chi connectivity index (χ4v) is 2.92. The van der Waals surface area contributed by atoms with E-state index in [0.29, 0.717) is 5.13 Å². The molecule has 0 radical (unpaired) electrons. The number of anilines is 1. The maximum atomic E-state index is 5.61. The topological polar surface area (TPSA) is 60.2 Å². The summed E-state index contributed by atoms with van der Waals surface area (Å²) in [6.45, 7) is 2.89. The molecule has 2 aromatic rings. The van der Waals surface area contributed by atoms with Crippen LogP contribution >= 0.6 is 27.3 Å². The zero-order valence-electron chi connectivity index (χ0n) is 10.8. The van der Waals surface area contributed by atoms with E-state index in [0.717, 1.165) is 21.6 Å². The van der Waals surface area contributed by atoms with Gasteiger partial charge in [0.15, 0.2) is 5.13 Å². The first kappa shape index (κ1) is 14.3. The molecule has 1 atom stereocenters. The second-order valence-electron chi connectivity index (χ2n) is 4.16. The predicted molar refractivity (Wildman–Crippen MR) is 82.5 cm³/mol. The Bertz CT molecular complexity index is 559. The van der Waals surface area contributed by atoms with Crippen LogP contribution in [0.2, 0.25) is 0 Å². The summed E-state index contributed by atoms with van der Waals surface area (Å²) in [6.07, 6.45) is 1.81. The molecule has 1 heterocycles. The van der Waals surface area contributed by atoms with Crippen molar-refractivity contribution < 1.29 is 4.74 Å². The molecular weight excluding hydrogens is 326 g/mol. The number of nitrogen functional groups attached to an aromatic ring is 1. The van der Waals surface area contributed by atoms with Crippen molar-refractivity contribution in [2.45, 2.75) is 19.5 Å². The van der Waals surface area contributed by atoms with Crippen molar-refractivity contribution in [2.75, 3.05) is 12.8 Å². The van der Waals surface area contributed by atoms with Gasteiger partial charge in [-0.25, -0.2) is 4.98 Å². The highest BCUT2D eigenvalue weighted by Gasteiger charge is 2.09. The van der Waals surface area contributed by atoms with Gasteiger partial charge in [0.2, 0.25) is 0 Å². The van der Waals surface area contributed by atoms with Gasteiger partial charge in [0.05, 0.1) is 11.6 Å². The molecule has 0 fully saturated rings. The highest BCUT2D eigenvalue weighted by atomic mass is 79.9. The second kappa shape index (κ2) is 6.36. The number of nitrogens with two attached hydrogens (primary N) is 1. The first-order chi connectivity index (χ1) is 9.10. The highest BCUT2D eigenvalue weighted by molar-refractivity contribution is 9.10. The molecule has 4 nitrogen and oxygen atoms in total. The number of ether oxygens (including phenoxy) is 1. The summed E-state index contributed by atoms with van der Waals surface area (Å²) in [4.78, 5) is 5.17. The number of nitrogens with one attached hydrogen (secondary N) is 1. The van der Waals surface area contributed by atoms with Gasteiger partial charge in [-0.15, -0.1) is 11.3 Å². The summed E-state index contributed by atoms with van der Waals surface area (Å²) in [5.41, 5.74) is 6.81. The molecule has 19 heavy (non-hydrogen) atoms. The van der Waals surface area contributed by atoms with Crippen molar-refractivity contribution in [3.8, 4) is 5.75 Å². The Labute approximate surface area is 125 Å². The first-order valence-electron chi connectivity index (χ1n) is 5.87. The molecule has 6 heteroatoms. The lowest BCUT2D eigenvalue weighted by Crippen LogP contribution is -2.17. The number of hydrogen-bond donors (Lipinski definition) is 2. The molecule has 2 rings (SSSR count). The van der Waals surface area contributed by atoms with E-state index in [-0.39, 0.29) is 6.04 Å². The summed E-state index contributed by atoms with van der Waals surface area (Å²) < 4.78 is 6.19. The van der Waals surface area contributed by atoms with E-state index in [2.05, 4.69) is 45.3 Å². The van der Waals surface area contributed by atoms with Crippen molar-refractivity contribution in [3.63, 3.8) is 0 Å². The van der Waals surface area contributed by atoms with Crippen molar-refractivity contribution in [3.05, 3.63) is 39.3 Å². The summed E-state index contributed by atoms with van der Waals surface area (Å²) in [7, 11) is 1.66. The Kier molecular flexibility index (Phi) is 4.79. The molecule has 0 aliphatic heterocycles. The lowest BCUT2D eigenvalue weighted by Gasteiger charge is -2.15. The standard InChI is InChI=1S/C13H16BrN3OS/c1-8(16-6-10-7-17-13(15)19-10)9-3-4-12(18-2)11(14)5-9/h3-5,7-8,16H,6H2,1-2H3,(H2,15,17). The largest absolute Gasteiger partial charge is 0.496 e. The summed E-state index contributed by atoms with van der Waals surface area (Å²) >= 11 is 5.01. The van der Waals surface area contributed by atoms with E-state index in [1.54, 1.807) is 7.11 Å². The van der Waals surface area contributed by atoms with Crippen molar-refractivity contribution in [1.82, 2.24) is 10.3 Å². The number of benzene rings is 1. The van der Waals surface area contributed by atoms with E-state index in [4.69, 9.17) is 10.5 Å². The first-order valence-corrected chi connectivity index (χ1v) is 7.48.